The third-order valence-electron chi connectivity index (χ3n) is 3.60. The minimum absolute atomic E-state index is 0.0903. The van der Waals surface area contributed by atoms with Crippen LogP contribution in [0.1, 0.15) is 24.9 Å². The predicted octanol–water partition coefficient (Wildman–Crippen LogP) is 2.67. The number of nitrogens with two attached hydrogens (primary N) is 1. The van der Waals surface area contributed by atoms with Gasteiger partial charge in [-0.05, 0) is 24.6 Å². The molecule has 0 aliphatic rings. The zero-order valence-electron chi connectivity index (χ0n) is 14.1. The molecule has 128 valence electrons. The van der Waals surface area contributed by atoms with Crippen molar-refractivity contribution >= 4 is 5.91 Å². The first-order valence-corrected chi connectivity index (χ1v) is 7.96. The van der Waals surface area contributed by atoms with Crippen LogP contribution in [0.5, 0.6) is 11.5 Å². The molecular weight excluding hydrogens is 304 g/mol. The fraction of sp³-hybridized carbons (Fsp3) is 0.316. The van der Waals surface area contributed by atoms with E-state index in [1.807, 2.05) is 61.5 Å². The molecular formula is C19H24N2O3. The number of nitrogens with one attached hydrogen (secondary N) is 1. The quantitative estimate of drug-likeness (QED) is 0.781. The second-order valence-corrected chi connectivity index (χ2v) is 5.63. The van der Waals surface area contributed by atoms with Gasteiger partial charge in [-0.3, -0.25) is 4.79 Å². The molecule has 0 saturated heterocycles. The monoisotopic (exact) mass is 328 g/mol. The molecule has 3 N–H and O–H groups in total. The summed E-state index contributed by atoms with van der Waals surface area (Å²) in [5.41, 5.74) is 7.00. The van der Waals surface area contributed by atoms with Gasteiger partial charge in [-0.15, -0.1) is 0 Å². The lowest BCUT2D eigenvalue weighted by molar-refractivity contribution is -0.121. The van der Waals surface area contributed by atoms with E-state index in [1.165, 1.54) is 0 Å². The second kappa shape index (κ2) is 8.93. The molecule has 2 rings (SSSR count). The van der Waals surface area contributed by atoms with Crippen LogP contribution < -0.4 is 20.5 Å². The Morgan fingerprint density at radius 3 is 2.54 bits per heavy atom. The molecule has 0 aromatic heterocycles. The number of carbonyl (C=O) groups is 1. The summed E-state index contributed by atoms with van der Waals surface area (Å²) in [6, 6.07) is 16.7. The lowest BCUT2D eigenvalue weighted by Crippen LogP contribution is -2.35. The molecule has 0 heterocycles. The maximum atomic E-state index is 12.0. The standard InChI is InChI=1S/C19H24N2O3/c1-14(24-17-10-6-9-16(11-17)23-2)13-21-19(22)12-18(20)15-7-4-3-5-8-15/h3-11,14,18H,12-13,20H2,1-2H3,(H,21,22). The Hall–Kier alpha value is -2.53. The zero-order chi connectivity index (χ0) is 17.4. The lowest BCUT2D eigenvalue weighted by atomic mass is 10.0. The molecule has 0 saturated carbocycles. The molecule has 0 aliphatic heterocycles. The normalized spacial score (nSPS) is 13.0. The summed E-state index contributed by atoms with van der Waals surface area (Å²) in [5, 5.41) is 2.86. The highest BCUT2D eigenvalue weighted by molar-refractivity contribution is 5.76. The van der Waals surface area contributed by atoms with Crippen LogP contribution in [0.3, 0.4) is 0 Å². The van der Waals surface area contributed by atoms with Crippen molar-refractivity contribution < 1.29 is 14.3 Å². The Morgan fingerprint density at radius 1 is 1.12 bits per heavy atom. The van der Waals surface area contributed by atoms with Crippen LogP contribution in [0.25, 0.3) is 0 Å². The highest BCUT2D eigenvalue weighted by Gasteiger charge is 2.13. The van der Waals surface area contributed by atoms with Gasteiger partial charge in [0.2, 0.25) is 5.91 Å². The van der Waals surface area contributed by atoms with Crippen molar-refractivity contribution in [3.8, 4) is 11.5 Å². The van der Waals surface area contributed by atoms with E-state index in [2.05, 4.69) is 5.32 Å². The van der Waals surface area contributed by atoms with Gasteiger partial charge in [-0.2, -0.15) is 0 Å². The number of amides is 1. The first-order chi connectivity index (χ1) is 11.6. The van der Waals surface area contributed by atoms with E-state index in [-0.39, 0.29) is 24.5 Å². The fourth-order valence-corrected chi connectivity index (χ4v) is 2.30. The maximum absolute atomic E-state index is 12.0. The Kier molecular flexibility index (Phi) is 6.63. The van der Waals surface area contributed by atoms with Gasteiger partial charge in [0, 0.05) is 18.5 Å². The molecule has 2 atom stereocenters. The van der Waals surface area contributed by atoms with Crippen molar-refractivity contribution in [2.24, 2.45) is 5.73 Å². The summed E-state index contributed by atoms with van der Waals surface area (Å²) in [4.78, 5) is 12.0. The van der Waals surface area contributed by atoms with Gasteiger partial charge in [0.1, 0.15) is 17.6 Å². The third-order valence-corrected chi connectivity index (χ3v) is 3.60. The number of methoxy groups -OCH3 is 1. The maximum Gasteiger partial charge on any atom is 0.222 e. The molecule has 24 heavy (non-hydrogen) atoms. The van der Waals surface area contributed by atoms with Crippen LogP contribution in [0, 0.1) is 0 Å². The highest BCUT2D eigenvalue weighted by Crippen LogP contribution is 2.19. The van der Waals surface area contributed by atoms with Crippen molar-refractivity contribution in [1.29, 1.82) is 0 Å². The van der Waals surface area contributed by atoms with Crippen LogP contribution in [-0.2, 0) is 4.79 Å². The van der Waals surface area contributed by atoms with Crippen molar-refractivity contribution in [3.05, 3.63) is 60.2 Å². The lowest BCUT2D eigenvalue weighted by Gasteiger charge is -2.17. The van der Waals surface area contributed by atoms with E-state index in [0.29, 0.717) is 12.3 Å². The summed E-state index contributed by atoms with van der Waals surface area (Å²) >= 11 is 0. The Bertz CT molecular complexity index is 646. The number of benzene rings is 2. The number of carbonyl (C=O) groups excluding carboxylic acids is 1. The molecule has 0 aliphatic carbocycles. The minimum atomic E-state index is -0.305. The molecule has 1 amide bonds. The van der Waals surface area contributed by atoms with Crippen molar-refractivity contribution in [3.63, 3.8) is 0 Å². The smallest absolute Gasteiger partial charge is 0.222 e. The molecule has 0 fully saturated rings. The molecule has 0 spiro atoms. The summed E-state index contributed by atoms with van der Waals surface area (Å²) in [5.74, 6) is 1.35. The van der Waals surface area contributed by atoms with Crippen molar-refractivity contribution in [1.82, 2.24) is 5.32 Å². The SMILES string of the molecule is COc1cccc(OC(C)CNC(=O)CC(N)c2ccccc2)c1. The number of hydrogen-bond acceptors (Lipinski definition) is 4. The van der Waals surface area contributed by atoms with Crippen molar-refractivity contribution in [2.45, 2.75) is 25.5 Å². The van der Waals surface area contributed by atoms with Crippen LogP contribution in [-0.4, -0.2) is 25.7 Å². The molecule has 0 bridgehead atoms. The Morgan fingerprint density at radius 2 is 1.83 bits per heavy atom. The molecule has 5 heteroatoms. The summed E-state index contributed by atoms with van der Waals surface area (Å²) in [7, 11) is 1.61. The van der Waals surface area contributed by atoms with Crippen LogP contribution in [0.2, 0.25) is 0 Å². The van der Waals surface area contributed by atoms with E-state index < -0.39 is 0 Å². The van der Waals surface area contributed by atoms with Gasteiger partial charge in [0.25, 0.3) is 0 Å². The van der Waals surface area contributed by atoms with E-state index in [1.54, 1.807) is 7.11 Å². The van der Waals surface area contributed by atoms with Crippen molar-refractivity contribution in [2.75, 3.05) is 13.7 Å². The first kappa shape index (κ1) is 17.8. The Balaban J connectivity index is 1.76. The molecule has 0 radical (unpaired) electrons. The first-order valence-electron chi connectivity index (χ1n) is 7.96. The Labute approximate surface area is 142 Å². The highest BCUT2D eigenvalue weighted by atomic mass is 16.5. The number of ether oxygens (including phenoxy) is 2. The number of hydrogen-bond donors (Lipinski definition) is 2. The van der Waals surface area contributed by atoms with Crippen LogP contribution >= 0.6 is 0 Å². The molecule has 5 nitrogen and oxygen atoms in total. The van der Waals surface area contributed by atoms with Crippen LogP contribution in [0.4, 0.5) is 0 Å². The summed E-state index contributed by atoms with van der Waals surface area (Å²) < 4.78 is 10.9. The largest absolute Gasteiger partial charge is 0.497 e. The van der Waals surface area contributed by atoms with E-state index in [4.69, 9.17) is 15.2 Å². The van der Waals surface area contributed by atoms with Gasteiger partial charge >= 0.3 is 0 Å². The van der Waals surface area contributed by atoms with Crippen LogP contribution in [0.15, 0.2) is 54.6 Å². The predicted molar refractivity (Wildman–Crippen MR) is 94.1 cm³/mol. The average molecular weight is 328 g/mol. The molecule has 2 unspecified atom stereocenters. The molecule has 2 aromatic carbocycles. The van der Waals surface area contributed by atoms with E-state index in [0.717, 1.165) is 11.3 Å². The fourth-order valence-electron chi connectivity index (χ4n) is 2.30. The second-order valence-electron chi connectivity index (χ2n) is 5.63. The van der Waals surface area contributed by atoms with Gasteiger partial charge < -0.3 is 20.5 Å². The summed E-state index contributed by atoms with van der Waals surface area (Å²) in [6.07, 6.45) is 0.0876. The average Bonchev–Trinajstić information content (AvgIpc) is 2.61. The topological polar surface area (TPSA) is 73.6 Å². The van der Waals surface area contributed by atoms with Gasteiger partial charge in [-0.1, -0.05) is 36.4 Å². The molecule has 2 aromatic rings. The van der Waals surface area contributed by atoms with E-state index >= 15 is 0 Å². The van der Waals surface area contributed by atoms with Gasteiger partial charge in [-0.25, -0.2) is 0 Å². The number of rotatable bonds is 8. The third kappa shape index (κ3) is 5.59. The minimum Gasteiger partial charge on any atom is -0.497 e. The summed E-state index contributed by atoms with van der Waals surface area (Å²) in [6.45, 7) is 2.31. The van der Waals surface area contributed by atoms with E-state index in [9.17, 15) is 4.79 Å². The van der Waals surface area contributed by atoms with Gasteiger partial charge in [0.05, 0.1) is 13.7 Å². The van der Waals surface area contributed by atoms with Gasteiger partial charge in [0.15, 0.2) is 0 Å². The zero-order valence-corrected chi connectivity index (χ0v) is 14.1.